The molecule has 2 rings (SSSR count). The minimum Gasteiger partial charge on any atom is -0.535 e. The number of carbonyl (C=O) groups excluding carboxylic acids is 1. The Labute approximate surface area is 136 Å². The van der Waals surface area contributed by atoms with Crippen molar-refractivity contribution in [2.24, 2.45) is 0 Å². The third-order valence-corrected chi connectivity index (χ3v) is 4.39. The number of alkyl halides is 2. The topological polar surface area (TPSA) is 83.8 Å². The van der Waals surface area contributed by atoms with Crippen LogP contribution in [0.3, 0.4) is 0 Å². The van der Waals surface area contributed by atoms with Crippen LogP contribution in [0, 0.1) is 6.92 Å². The predicted molar refractivity (Wildman–Crippen MR) is 82.3 cm³/mol. The molecule has 1 heterocycles. The second-order valence-corrected chi connectivity index (χ2v) is 6.32. The fourth-order valence-electron chi connectivity index (χ4n) is 2.57. The molecule has 0 aliphatic carbocycles. The van der Waals surface area contributed by atoms with Crippen LogP contribution in [0.25, 0.3) is 0 Å². The van der Waals surface area contributed by atoms with Crippen molar-refractivity contribution in [1.82, 2.24) is 0 Å². The third kappa shape index (κ3) is 4.23. The molecule has 9 heteroatoms. The quantitative estimate of drug-likeness (QED) is 0.771. The Balaban J connectivity index is 2.14. The molecule has 0 amide bonds. The van der Waals surface area contributed by atoms with Crippen molar-refractivity contribution in [2.75, 3.05) is 5.75 Å². The number of rotatable bonds is 6. The van der Waals surface area contributed by atoms with Gasteiger partial charge >= 0.3 is 13.1 Å². The van der Waals surface area contributed by atoms with E-state index < -0.39 is 30.4 Å². The fourth-order valence-corrected chi connectivity index (χ4v) is 3.00. The van der Waals surface area contributed by atoms with E-state index >= 15 is 0 Å². The molecule has 0 saturated carbocycles. The zero-order valence-corrected chi connectivity index (χ0v) is 13.1. The molecular weight excluding hydrogens is 329 g/mol. The number of carbonyl (C=O) groups is 2. The van der Waals surface area contributed by atoms with Gasteiger partial charge in [0.15, 0.2) is 0 Å². The number of halogens is 2. The Morgan fingerprint density at radius 3 is 2.78 bits per heavy atom. The molecule has 1 aliphatic rings. The van der Waals surface area contributed by atoms with Gasteiger partial charge in [-0.25, -0.2) is 4.79 Å². The maximum Gasteiger partial charge on any atom is 0.526 e. The summed E-state index contributed by atoms with van der Waals surface area (Å²) in [4.78, 5) is 23.0. The lowest BCUT2D eigenvalue weighted by molar-refractivity contribution is -0.116. The monoisotopic (exact) mass is 344 g/mol. The minimum absolute atomic E-state index is 0.0143. The second-order valence-electron chi connectivity index (χ2n) is 5.34. The van der Waals surface area contributed by atoms with E-state index in [-0.39, 0.29) is 41.7 Å². The molecule has 5 nitrogen and oxygen atoms in total. The highest BCUT2D eigenvalue weighted by molar-refractivity contribution is 8.00. The molecule has 2 N–H and O–H groups in total. The van der Waals surface area contributed by atoms with Crippen molar-refractivity contribution in [3.05, 3.63) is 28.8 Å². The number of benzene rings is 1. The van der Waals surface area contributed by atoms with Crippen LogP contribution < -0.4 is 4.65 Å². The van der Waals surface area contributed by atoms with E-state index in [1.807, 2.05) is 0 Å². The number of fused-ring (bicyclic) bond motifs is 1. The lowest BCUT2D eigenvalue weighted by Gasteiger charge is -2.28. The Morgan fingerprint density at radius 1 is 1.48 bits per heavy atom. The predicted octanol–water partition coefficient (Wildman–Crippen LogP) is 2.39. The zero-order valence-electron chi connectivity index (χ0n) is 12.3. The molecule has 0 unspecified atom stereocenters. The van der Waals surface area contributed by atoms with E-state index in [1.54, 1.807) is 19.1 Å². The number of hydrogen-bond donors (Lipinski definition) is 2. The van der Waals surface area contributed by atoms with Crippen molar-refractivity contribution < 1.29 is 33.2 Å². The summed E-state index contributed by atoms with van der Waals surface area (Å²) >= 11 is 0.240. The van der Waals surface area contributed by atoms with Crippen molar-refractivity contribution in [3.63, 3.8) is 0 Å². The number of thioether (sulfide) groups is 1. The van der Waals surface area contributed by atoms with Crippen LogP contribution in [-0.2, 0) is 11.2 Å². The average molecular weight is 344 g/mol. The van der Waals surface area contributed by atoms with Crippen LogP contribution in [0.2, 0.25) is 5.82 Å². The summed E-state index contributed by atoms with van der Waals surface area (Å²) in [7, 11) is -1.34. The number of ketones is 1. The highest BCUT2D eigenvalue weighted by Gasteiger charge is 2.38. The van der Waals surface area contributed by atoms with Gasteiger partial charge in [-0.15, -0.1) is 0 Å². The van der Waals surface area contributed by atoms with Crippen molar-refractivity contribution in [1.29, 1.82) is 0 Å². The largest absolute Gasteiger partial charge is 0.535 e. The van der Waals surface area contributed by atoms with E-state index in [4.69, 9.17) is 4.65 Å². The maximum absolute atomic E-state index is 12.1. The van der Waals surface area contributed by atoms with Crippen molar-refractivity contribution in [2.45, 2.75) is 31.3 Å². The summed E-state index contributed by atoms with van der Waals surface area (Å²) in [5.41, 5.74) is 1.07. The van der Waals surface area contributed by atoms with Gasteiger partial charge in [0.1, 0.15) is 17.1 Å². The molecular formula is C14H15BF2O5S. The van der Waals surface area contributed by atoms with Crippen LogP contribution in [-0.4, -0.2) is 40.5 Å². The first kappa shape index (κ1) is 17.7. The number of hydrogen-bond acceptors (Lipinski definition) is 5. The number of carboxylic acid groups (broad SMARTS) is 1. The van der Waals surface area contributed by atoms with Gasteiger partial charge in [0.2, 0.25) is 0 Å². The second kappa shape index (κ2) is 7.31. The molecule has 1 aliphatic heterocycles. The molecule has 1 atom stereocenters. The highest BCUT2D eigenvalue weighted by atomic mass is 32.2. The van der Waals surface area contributed by atoms with Crippen LogP contribution in [0.5, 0.6) is 5.75 Å². The SMILES string of the molecule is Cc1ccc2c(c1C(=O)O)OB(O)[C@@H](CC(=O)CSC(F)F)C2. The van der Waals surface area contributed by atoms with Crippen LogP contribution in [0.1, 0.15) is 27.9 Å². The van der Waals surface area contributed by atoms with Crippen LogP contribution in [0.4, 0.5) is 8.78 Å². The molecule has 1 aromatic carbocycles. The van der Waals surface area contributed by atoms with Gasteiger partial charge in [-0.05, 0) is 24.5 Å². The first-order valence-electron chi connectivity index (χ1n) is 6.91. The molecule has 0 fully saturated rings. The standard InChI is InChI=1S/C14H15BF2O5S/c1-7-2-3-8-4-9(5-10(18)6-23-14(16)17)15(21)22-12(8)11(7)13(19)20/h2-3,9,14,21H,4-6H2,1H3,(H,19,20)/t9-/m1/s1. The Hall–Kier alpha value is -1.61. The Morgan fingerprint density at radius 2 is 2.17 bits per heavy atom. The summed E-state index contributed by atoms with van der Waals surface area (Å²) in [6, 6.07) is 3.32. The van der Waals surface area contributed by atoms with Gasteiger partial charge in [-0.2, -0.15) is 8.78 Å². The van der Waals surface area contributed by atoms with E-state index in [0.717, 1.165) is 0 Å². The Bertz CT molecular complexity index is 625. The van der Waals surface area contributed by atoms with Gasteiger partial charge in [0, 0.05) is 12.2 Å². The van der Waals surface area contributed by atoms with E-state index in [9.17, 15) is 28.5 Å². The smallest absolute Gasteiger partial charge is 0.526 e. The normalized spacial score (nSPS) is 16.9. The van der Waals surface area contributed by atoms with Gasteiger partial charge < -0.3 is 14.8 Å². The number of aromatic carboxylic acids is 1. The summed E-state index contributed by atoms with van der Waals surface area (Å²) in [5.74, 6) is -4.99. The minimum atomic E-state index is -2.62. The van der Waals surface area contributed by atoms with Gasteiger partial charge in [-0.1, -0.05) is 23.9 Å². The number of aryl methyl sites for hydroxylation is 1. The van der Waals surface area contributed by atoms with Gasteiger partial charge in [0.05, 0.1) is 5.75 Å². The molecule has 124 valence electrons. The Kier molecular flexibility index (Phi) is 5.64. The zero-order chi connectivity index (χ0) is 17.1. The van der Waals surface area contributed by atoms with Crippen molar-refractivity contribution >= 4 is 30.6 Å². The van der Waals surface area contributed by atoms with Crippen LogP contribution in [0.15, 0.2) is 12.1 Å². The molecule has 23 heavy (non-hydrogen) atoms. The highest BCUT2D eigenvalue weighted by Crippen LogP contribution is 2.37. The first-order valence-corrected chi connectivity index (χ1v) is 7.96. The average Bonchev–Trinajstić information content (AvgIpc) is 2.45. The van der Waals surface area contributed by atoms with Gasteiger partial charge in [-0.3, -0.25) is 4.79 Å². The van der Waals surface area contributed by atoms with Gasteiger partial charge in [0.25, 0.3) is 5.76 Å². The molecule has 0 radical (unpaired) electrons. The summed E-state index contributed by atoms with van der Waals surface area (Å²) in [6.45, 7) is 1.62. The van der Waals surface area contributed by atoms with Crippen LogP contribution >= 0.6 is 11.8 Å². The third-order valence-electron chi connectivity index (χ3n) is 3.65. The number of Topliss-reactive ketones (excluding diaryl/α,β-unsaturated/α-hetero) is 1. The van der Waals surface area contributed by atoms with E-state index in [1.165, 1.54) is 0 Å². The molecule has 0 spiro atoms. The molecule has 0 saturated heterocycles. The lowest BCUT2D eigenvalue weighted by Crippen LogP contribution is -2.36. The molecule has 0 bridgehead atoms. The summed E-state index contributed by atoms with van der Waals surface area (Å²) < 4.78 is 29.5. The summed E-state index contributed by atoms with van der Waals surface area (Å²) in [5, 5.41) is 19.3. The fraction of sp³-hybridized carbons (Fsp3) is 0.429. The lowest BCUT2D eigenvalue weighted by atomic mass is 9.64. The van der Waals surface area contributed by atoms with E-state index in [0.29, 0.717) is 11.1 Å². The first-order chi connectivity index (χ1) is 10.8. The van der Waals surface area contributed by atoms with E-state index in [2.05, 4.69) is 0 Å². The number of carboxylic acids is 1. The van der Waals surface area contributed by atoms with Crippen molar-refractivity contribution in [3.8, 4) is 5.75 Å². The maximum atomic E-state index is 12.1. The molecule has 0 aromatic heterocycles. The molecule has 1 aromatic rings. The summed E-state index contributed by atoms with van der Waals surface area (Å²) in [6.07, 6.45) is 0.152.